The van der Waals surface area contributed by atoms with E-state index in [1.165, 1.54) is 0 Å². The summed E-state index contributed by atoms with van der Waals surface area (Å²) in [7, 11) is 0. The van der Waals surface area contributed by atoms with Crippen molar-refractivity contribution in [3.8, 4) is 0 Å². The van der Waals surface area contributed by atoms with Gasteiger partial charge in [-0.25, -0.2) is 0 Å². The average Bonchev–Trinajstić information content (AvgIpc) is 2.33. The normalized spacial score (nSPS) is 9.89. The maximum atomic E-state index is 11.8. The number of amides is 2. The van der Waals surface area contributed by atoms with Crippen LogP contribution in [0.1, 0.15) is 23.7 Å². The maximum Gasteiger partial charge on any atom is 0.253 e. The Kier molecular flexibility index (Phi) is 5.45. The van der Waals surface area contributed by atoms with Crippen LogP contribution in [0.5, 0.6) is 0 Å². The molecule has 1 rings (SSSR count). The van der Waals surface area contributed by atoms with Gasteiger partial charge in [0.15, 0.2) is 0 Å². The van der Waals surface area contributed by atoms with Crippen molar-refractivity contribution in [1.29, 1.82) is 0 Å². The van der Waals surface area contributed by atoms with Crippen LogP contribution in [0.4, 0.5) is 5.69 Å². The average molecular weight is 270 g/mol. The van der Waals surface area contributed by atoms with Crippen molar-refractivity contribution in [2.45, 2.75) is 13.3 Å². The van der Waals surface area contributed by atoms with E-state index in [0.717, 1.165) is 0 Å². The van der Waals surface area contributed by atoms with Crippen molar-refractivity contribution in [1.82, 2.24) is 10.6 Å². The van der Waals surface area contributed by atoms with Gasteiger partial charge in [-0.1, -0.05) is 17.7 Å². The van der Waals surface area contributed by atoms with Crippen molar-refractivity contribution in [2.75, 3.05) is 18.8 Å². The first-order valence-corrected chi connectivity index (χ1v) is 6.03. The number of benzene rings is 1. The van der Waals surface area contributed by atoms with Gasteiger partial charge in [-0.3, -0.25) is 9.59 Å². The Bertz CT molecular complexity index is 449. The number of hydrogen-bond acceptors (Lipinski definition) is 3. The molecule has 0 saturated heterocycles. The summed E-state index contributed by atoms with van der Waals surface area (Å²) >= 11 is 5.81. The Hall–Kier alpha value is -1.75. The smallest absolute Gasteiger partial charge is 0.253 e. The number of nitrogens with one attached hydrogen (secondary N) is 2. The molecular formula is C12H16ClN3O2. The third kappa shape index (κ3) is 3.92. The highest BCUT2D eigenvalue weighted by Crippen LogP contribution is 2.21. The van der Waals surface area contributed by atoms with Crippen LogP contribution in [0.25, 0.3) is 0 Å². The molecular weight excluding hydrogens is 254 g/mol. The summed E-state index contributed by atoms with van der Waals surface area (Å²) in [5, 5.41) is 5.60. The summed E-state index contributed by atoms with van der Waals surface area (Å²) in [6, 6.07) is 4.85. The molecule has 0 aliphatic carbocycles. The SMILES string of the molecule is CCNC(=O)CCNC(=O)c1cccc(Cl)c1N. The van der Waals surface area contributed by atoms with E-state index in [4.69, 9.17) is 17.3 Å². The van der Waals surface area contributed by atoms with Crippen LogP contribution in [0.2, 0.25) is 5.02 Å². The Labute approximate surface area is 111 Å². The molecule has 6 heteroatoms. The molecule has 1 aromatic rings. The Morgan fingerprint density at radius 1 is 1.33 bits per heavy atom. The van der Waals surface area contributed by atoms with Crippen LogP contribution < -0.4 is 16.4 Å². The Morgan fingerprint density at radius 2 is 2.06 bits per heavy atom. The summed E-state index contributed by atoms with van der Waals surface area (Å²) in [4.78, 5) is 22.9. The van der Waals surface area contributed by atoms with Gasteiger partial charge in [-0.05, 0) is 19.1 Å². The van der Waals surface area contributed by atoms with Gasteiger partial charge >= 0.3 is 0 Å². The second-order valence-electron chi connectivity index (χ2n) is 3.66. The fraction of sp³-hybridized carbons (Fsp3) is 0.333. The zero-order chi connectivity index (χ0) is 13.5. The second-order valence-corrected chi connectivity index (χ2v) is 4.07. The van der Waals surface area contributed by atoms with E-state index < -0.39 is 0 Å². The molecule has 1 aromatic carbocycles. The highest BCUT2D eigenvalue weighted by molar-refractivity contribution is 6.33. The first kappa shape index (κ1) is 14.3. The predicted molar refractivity (Wildman–Crippen MR) is 71.5 cm³/mol. The second kappa shape index (κ2) is 6.86. The van der Waals surface area contributed by atoms with E-state index in [1.807, 2.05) is 6.92 Å². The molecule has 0 heterocycles. The van der Waals surface area contributed by atoms with Gasteiger partial charge in [-0.15, -0.1) is 0 Å². The van der Waals surface area contributed by atoms with Crippen molar-refractivity contribution in [3.63, 3.8) is 0 Å². The zero-order valence-corrected chi connectivity index (χ0v) is 10.9. The Balaban J connectivity index is 2.51. The molecule has 5 nitrogen and oxygen atoms in total. The maximum absolute atomic E-state index is 11.8. The summed E-state index contributed by atoms with van der Waals surface area (Å²) in [6.45, 7) is 2.67. The van der Waals surface area contributed by atoms with Crippen molar-refractivity contribution >= 4 is 29.1 Å². The van der Waals surface area contributed by atoms with Crippen LogP contribution in [-0.2, 0) is 4.79 Å². The molecule has 0 bridgehead atoms. The fourth-order valence-electron chi connectivity index (χ4n) is 1.41. The van der Waals surface area contributed by atoms with E-state index in [-0.39, 0.29) is 30.5 Å². The predicted octanol–water partition coefficient (Wildman–Crippen LogP) is 1.18. The third-order valence-electron chi connectivity index (χ3n) is 2.31. The number of nitrogen functional groups attached to an aromatic ring is 1. The van der Waals surface area contributed by atoms with E-state index in [2.05, 4.69) is 10.6 Å². The molecule has 0 aromatic heterocycles. The topological polar surface area (TPSA) is 84.2 Å². The lowest BCUT2D eigenvalue weighted by molar-refractivity contribution is -0.120. The van der Waals surface area contributed by atoms with Gasteiger partial charge in [0.2, 0.25) is 5.91 Å². The van der Waals surface area contributed by atoms with Crippen molar-refractivity contribution < 1.29 is 9.59 Å². The number of anilines is 1. The minimum atomic E-state index is -0.334. The van der Waals surface area contributed by atoms with E-state index >= 15 is 0 Å². The highest BCUT2D eigenvalue weighted by atomic mass is 35.5. The van der Waals surface area contributed by atoms with Crippen LogP contribution in [-0.4, -0.2) is 24.9 Å². The number of carbonyl (C=O) groups excluding carboxylic acids is 2. The van der Waals surface area contributed by atoms with Gasteiger partial charge in [0, 0.05) is 19.5 Å². The number of halogens is 1. The molecule has 4 N–H and O–H groups in total. The number of para-hydroxylation sites is 1. The monoisotopic (exact) mass is 269 g/mol. The van der Waals surface area contributed by atoms with Gasteiger partial charge in [0.05, 0.1) is 16.3 Å². The molecule has 0 saturated carbocycles. The standard InChI is InChI=1S/C12H16ClN3O2/c1-2-15-10(17)6-7-16-12(18)8-4-3-5-9(13)11(8)14/h3-5H,2,6-7,14H2,1H3,(H,15,17)(H,16,18). The Morgan fingerprint density at radius 3 is 2.72 bits per heavy atom. The molecule has 0 spiro atoms. The van der Waals surface area contributed by atoms with Gasteiger partial charge < -0.3 is 16.4 Å². The molecule has 98 valence electrons. The number of nitrogens with two attached hydrogens (primary N) is 1. The quantitative estimate of drug-likeness (QED) is 0.702. The van der Waals surface area contributed by atoms with Crippen LogP contribution >= 0.6 is 11.6 Å². The van der Waals surface area contributed by atoms with Crippen molar-refractivity contribution in [2.24, 2.45) is 0 Å². The molecule has 0 unspecified atom stereocenters. The third-order valence-corrected chi connectivity index (χ3v) is 2.64. The first-order valence-electron chi connectivity index (χ1n) is 5.65. The summed E-state index contributed by atoms with van der Waals surface area (Å²) < 4.78 is 0. The van der Waals surface area contributed by atoms with Gasteiger partial charge in [0.1, 0.15) is 0 Å². The lowest BCUT2D eigenvalue weighted by Crippen LogP contribution is -2.30. The van der Waals surface area contributed by atoms with Crippen LogP contribution in [0.15, 0.2) is 18.2 Å². The van der Waals surface area contributed by atoms with E-state index in [0.29, 0.717) is 17.1 Å². The lowest BCUT2D eigenvalue weighted by atomic mass is 10.1. The van der Waals surface area contributed by atoms with Gasteiger partial charge in [0.25, 0.3) is 5.91 Å². The highest BCUT2D eigenvalue weighted by Gasteiger charge is 2.11. The van der Waals surface area contributed by atoms with Crippen molar-refractivity contribution in [3.05, 3.63) is 28.8 Å². The van der Waals surface area contributed by atoms with Gasteiger partial charge in [-0.2, -0.15) is 0 Å². The summed E-state index contributed by atoms with van der Waals surface area (Å²) in [6.07, 6.45) is 0.236. The van der Waals surface area contributed by atoms with E-state index in [9.17, 15) is 9.59 Å². The number of carbonyl (C=O) groups is 2. The minimum absolute atomic E-state index is 0.100. The molecule has 0 aliphatic heterocycles. The minimum Gasteiger partial charge on any atom is -0.397 e. The van der Waals surface area contributed by atoms with E-state index in [1.54, 1.807) is 18.2 Å². The lowest BCUT2D eigenvalue weighted by Gasteiger charge is -2.08. The molecule has 18 heavy (non-hydrogen) atoms. The van der Waals surface area contributed by atoms with Crippen LogP contribution in [0, 0.1) is 0 Å². The fourth-order valence-corrected chi connectivity index (χ4v) is 1.58. The summed E-state index contributed by atoms with van der Waals surface area (Å²) in [5.74, 6) is -0.434. The summed E-state index contributed by atoms with van der Waals surface area (Å²) in [5.41, 5.74) is 6.25. The molecule has 0 radical (unpaired) electrons. The first-order chi connectivity index (χ1) is 8.56. The molecule has 0 fully saturated rings. The molecule has 0 atom stereocenters. The molecule has 2 amide bonds. The largest absolute Gasteiger partial charge is 0.397 e. The zero-order valence-electron chi connectivity index (χ0n) is 10.1. The number of rotatable bonds is 5. The van der Waals surface area contributed by atoms with Crippen LogP contribution in [0.3, 0.4) is 0 Å². The number of hydrogen-bond donors (Lipinski definition) is 3. The molecule has 0 aliphatic rings.